The molecule has 0 spiro atoms. The van der Waals surface area contributed by atoms with Crippen molar-refractivity contribution < 1.29 is 35.9 Å². The molecule has 1 aromatic heterocycles. The number of primary amides is 1. The number of nitrogens with zero attached hydrogens (tertiary/aromatic N) is 1. The zero-order chi connectivity index (χ0) is 24.3. The van der Waals surface area contributed by atoms with Crippen LogP contribution in [-0.2, 0) is 6.18 Å². The Morgan fingerprint density at radius 1 is 1.21 bits per heavy atom. The van der Waals surface area contributed by atoms with Gasteiger partial charge < -0.3 is 14.9 Å². The SMILES string of the molecule is C=CCCC(Oc1ccc(F)c(C(N)=O)c1F)c1nc(-c2ccc(C(F)(F)F)cc2)c(Br)o1. The molecule has 0 aliphatic heterocycles. The van der Waals surface area contributed by atoms with Gasteiger partial charge in [0.05, 0.1) is 5.56 Å². The molecular weight excluding hydrogens is 515 g/mol. The summed E-state index contributed by atoms with van der Waals surface area (Å²) in [5.41, 5.74) is 3.79. The molecule has 5 nitrogen and oxygen atoms in total. The van der Waals surface area contributed by atoms with Crippen molar-refractivity contribution in [3.63, 3.8) is 0 Å². The smallest absolute Gasteiger partial charge is 0.416 e. The number of halogens is 6. The number of nitrogens with two attached hydrogens (primary N) is 1. The lowest BCUT2D eigenvalue weighted by Gasteiger charge is -2.17. The molecule has 1 heterocycles. The van der Waals surface area contributed by atoms with E-state index in [0.29, 0.717) is 12.0 Å². The van der Waals surface area contributed by atoms with E-state index in [1.807, 2.05) is 0 Å². The van der Waals surface area contributed by atoms with Gasteiger partial charge in [-0.05, 0) is 53.0 Å². The summed E-state index contributed by atoms with van der Waals surface area (Å²) in [6.07, 6.45) is -3.31. The number of hydrogen-bond acceptors (Lipinski definition) is 4. The highest BCUT2D eigenvalue weighted by molar-refractivity contribution is 9.10. The summed E-state index contributed by atoms with van der Waals surface area (Å²) >= 11 is 3.18. The molecule has 0 fully saturated rings. The van der Waals surface area contributed by atoms with E-state index in [4.69, 9.17) is 14.9 Å². The number of carbonyl (C=O) groups excluding carboxylic acids is 1. The highest BCUT2D eigenvalue weighted by Gasteiger charge is 2.31. The first-order chi connectivity index (χ1) is 15.5. The summed E-state index contributed by atoms with van der Waals surface area (Å²) in [7, 11) is 0. The molecule has 3 aromatic rings. The predicted octanol–water partition coefficient (Wildman–Crippen LogP) is 6.59. The number of carbonyl (C=O) groups is 1. The van der Waals surface area contributed by atoms with E-state index in [1.54, 1.807) is 6.08 Å². The van der Waals surface area contributed by atoms with Crippen LogP contribution < -0.4 is 10.5 Å². The van der Waals surface area contributed by atoms with Gasteiger partial charge >= 0.3 is 6.18 Å². The Morgan fingerprint density at radius 3 is 2.45 bits per heavy atom. The summed E-state index contributed by atoms with van der Waals surface area (Å²) in [6.45, 7) is 3.61. The van der Waals surface area contributed by atoms with Crippen LogP contribution in [0.3, 0.4) is 0 Å². The van der Waals surface area contributed by atoms with Crippen molar-refractivity contribution in [2.24, 2.45) is 5.73 Å². The van der Waals surface area contributed by atoms with Crippen molar-refractivity contribution in [3.8, 4) is 17.0 Å². The molecule has 0 radical (unpaired) electrons. The van der Waals surface area contributed by atoms with Gasteiger partial charge in [-0.3, -0.25) is 4.79 Å². The van der Waals surface area contributed by atoms with Crippen molar-refractivity contribution in [2.45, 2.75) is 25.1 Å². The van der Waals surface area contributed by atoms with Crippen LogP contribution in [0.2, 0.25) is 0 Å². The number of benzene rings is 2. The number of oxazole rings is 1. The number of hydrogen-bond donors (Lipinski definition) is 1. The normalized spacial score (nSPS) is 12.4. The van der Waals surface area contributed by atoms with Crippen molar-refractivity contribution in [3.05, 3.63) is 82.4 Å². The lowest BCUT2D eigenvalue weighted by Crippen LogP contribution is -2.17. The van der Waals surface area contributed by atoms with Crippen LogP contribution in [0.25, 0.3) is 11.3 Å². The first kappa shape index (κ1) is 24.4. The fourth-order valence-electron chi connectivity index (χ4n) is 2.96. The largest absolute Gasteiger partial charge is 0.478 e. The summed E-state index contributed by atoms with van der Waals surface area (Å²) < 4.78 is 78.2. The van der Waals surface area contributed by atoms with Gasteiger partial charge in [-0.15, -0.1) is 6.58 Å². The average molecular weight is 531 g/mol. The molecule has 3 rings (SSSR count). The lowest BCUT2D eigenvalue weighted by molar-refractivity contribution is -0.137. The van der Waals surface area contributed by atoms with Crippen molar-refractivity contribution in [2.75, 3.05) is 0 Å². The maximum absolute atomic E-state index is 14.6. The minimum Gasteiger partial charge on any atom is -0.478 e. The number of amides is 1. The molecular formula is C22H16BrF5N2O3. The Bertz CT molecular complexity index is 1180. The number of ether oxygens (including phenoxy) is 1. The van der Waals surface area contributed by atoms with E-state index in [0.717, 1.165) is 24.3 Å². The fraction of sp³-hybridized carbons (Fsp3) is 0.182. The Hall–Kier alpha value is -3.21. The van der Waals surface area contributed by atoms with Crippen LogP contribution in [0.1, 0.15) is 40.8 Å². The molecule has 174 valence electrons. The van der Waals surface area contributed by atoms with E-state index < -0.39 is 46.7 Å². The molecule has 1 unspecified atom stereocenters. The molecule has 1 amide bonds. The molecule has 11 heteroatoms. The maximum Gasteiger partial charge on any atom is 0.416 e. The number of allylic oxidation sites excluding steroid dienone is 1. The van der Waals surface area contributed by atoms with Gasteiger partial charge in [-0.2, -0.15) is 13.2 Å². The minimum absolute atomic E-state index is 0.0250. The van der Waals surface area contributed by atoms with Crippen LogP contribution in [-0.4, -0.2) is 10.9 Å². The van der Waals surface area contributed by atoms with E-state index in [-0.39, 0.29) is 22.7 Å². The highest BCUT2D eigenvalue weighted by atomic mass is 79.9. The number of rotatable bonds is 8. The molecule has 0 aliphatic rings. The molecule has 1 atom stereocenters. The standard InChI is InChI=1S/C22H16BrF5N2O3/c1-2-3-4-15(32-14-10-9-13(24)16(17(14)25)20(29)31)21-30-18(19(23)33-21)11-5-7-12(8-6-11)22(26,27)28/h2,5-10,15H,1,3-4H2,(H2,29,31). The Labute approximate surface area is 193 Å². The van der Waals surface area contributed by atoms with Gasteiger partial charge in [0.15, 0.2) is 22.3 Å². The quantitative estimate of drug-likeness (QED) is 0.263. The van der Waals surface area contributed by atoms with Crippen LogP contribution in [0, 0.1) is 11.6 Å². The second-order valence-electron chi connectivity index (χ2n) is 6.82. The van der Waals surface area contributed by atoms with E-state index in [1.165, 1.54) is 12.1 Å². The molecule has 0 aliphatic carbocycles. The Balaban J connectivity index is 1.96. The third-order valence-electron chi connectivity index (χ3n) is 4.57. The Kier molecular flexibility index (Phi) is 7.21. The maximum atomic E-state index is 14.6. The average Bonchev–Trinajstić information content (AvgIpc) is 3.13. The first-order valence-corrected chi connectivity index (χ1v) is 10.2. The number of alkyl halides is 3. The van der Waals surface area contributed by atoms with Crippen molar-refractivity contribution >= 4 is 21.8 Å². The van der Waals surface area contributed by atoms with Crippen LogP contribution in [0.15, 0.2) is 58.1 Å². The number of aromatic nitrogens is 1. The predicted molar refractivity (Wildman–Crippen MR) is 112 cm³/mol. The van der Waals surface area contributed by atoms with E-state index in [2.05, 4.69) is 27.5 Å². The third-order valence-corrected chi connectivity index (χ3v) is 5.11. The summed E-state index contributed by atoms with van der Waals surface area (Å²) in [4.78, 5) is 15.7. The summed E-state index contributed by atoms with van der Waals surface area (Å²) in [5, 5.41) is 0. The molecule has 0 bridgehead atoms. The second-order valence-corrected chi connectivity index (χ2v) is 7.54. The first-order valence-electron chi connectivity index (χ1n) is 9.42. The lowest BCUT2D eigenvalue weighted by atomic mass is 10.1. The van der Waals surface area contributed by atoms with E-state index >= 15 is 0 Å². The van der Waals surface area contributed by atoms with Gasteiger partial charge in [0.25, 0.3) is 5.91 Å². The van der Waals surface area contributed by atoms with Crippen molar-refractivity contribution in [1.82, 2.24) is 4.98 Å². The highest BCUT2D eigenvalue weighted by Crippen LogP contribution is 2.36. The monoisotopic (exact) mass is 530 g/mol. The van der Waals surface area contributed by atoms with Crippen LogP contribution in [0.4, 0.5) is 22.0 Å². The molecule has 2 aromatic carbocycles. The van der Waals surface area contributed by atoms with Crippen LogP contribution >= 0.6 is 15.9 Å². The van der Waals surface area contributed by atoms with Crippen LogP contribution in [0.5, 0.6) is 5.75 Å². The van der Waals surface area contributed by atoms with Gasteiger partial charge in [-0.1, -0.05) is 18.2 Å². The fourth-order valence-corrected chi connectivity index (χ4v) is 3.44. The minimum atomic E-state index is -4.49. The van der Waals surface area contributed by atoms with Gasteiger partial charge in [0.2, 0.25) is 5.89 Å². The van der Waals surface area contributed by atoms with Gasteiger partial charge in [0, 0.05) is 5.56 Å². The van der Waals surface area contributed by atoms with Gasteiger partial charge in [-0.25, -0.2) is 13.8 Å². The summed E-state index contributed by atoms with van der Waals surface area (Å²) in [6, 6.07) is 6.10. The zero-order valence-electron chi connectivity index (χ0n) is 16.8. The molecule has 2 N–H and O–H groups in total. The van der Waals surface area contributed by atoms with Crippen molar-refractivity contribution in [1.29, 1.82) is 0 Å². The Morgan fingerprint density at radius 2 is 1.88 bits per heavy atom. The van der Waals surface area contributed by atoms with E-state index in [9.17, 15) is 26.7 Å². The van der Waals surface area contributed by atoms with Gasteiger partial charge in [0.1, 0.15) is 17.1 Å². The zero-order valence-corrected chi connectivity index (χ0v) is 18.3. The summed E-state index contributed by atoms with van der Waals surface area (Å²) in [5.74, 6) is -4.20. The molecule has 0 saturated carbocycles. The molecule has 33 heavy (non-hydrogen) atoms. The third kappa shape index (κ3) is 5.41. The molecule has 0 saturated heterocycles. The topological polar surface area (TPSA) is 78.4 Å². The second kappa shape index (κ2) is 9.74.